The Morgan fingerprint density at radius 3 is 2.32 bits per heavy atom. The van der Waals surface area contributed by atoms with Crippen LogP contribution in [0.15, 0.2) is 79.3 Å². The van der Waals surface area contributed by atoms with Crippen molar-refractivity contribution in [2.24, 2.45) is 0 Å². The number of fused-ring (bicyclic) bond motifs is 1. The Morgan fingerprint density at radius 1 is 0.854 bits per heavy atom. The summed E-state index contributed by atoms with van der Waals surface area (Å²) in [5.41, 5.74) is 1.87. The van der Waals surface area contributed by atoms with Gasteiger partial charge in [0.15, 0.2) is 5.65 Å². The van der Waals surface area contributed by atoms with Gasteiger partial charge < -0.3 is 20.3 Å². The number of hydrogen-bond donors (Lipinski definition) is 2. The van der Waals surface area contributed by atoms with Crippen LogP contribution in [0.4, 0.5) is 35.2 Å². The van der Waals surface area contributed by atoms with E-state index >= 15 is 0 Å². The van der Waals surface area contributed by atoms with E-state index in [2.05, 4.69) is 30.5 Å². The maximum absolute atomic E-state index is 12.9. The number of nitrogens with zero attached hydrogens (tertiary/aromatic N) is 6. The van der Waals surface area contributed by atoms with E-state index in [1.807, 2.05) is 28.8 Å². The van der Waals surface area contributed by atoms with Gasteiger partial charge in [-0.3, -0.25) is 0 Å². The molecule has 0 atom stereocenters. The average molecular weight is 561 g/mol. The lowest BCUT2D eigenvalue weighted by atomic mass is 10.1. The summed E-state index contributed by atoms with van der Waals surface area (Å²) in [7, 11) is 0. The fourth-order valence-electron chi connectivity index (χ4n) is 4.47. The van der Waals surface area contributed by atoms with Crippen LogP contribution in [0.25, 0.3) is 16.9 Å². The normalized spacial score (nSPS) is 13.4. The van der Waals surface area contributed by atoms with Gasteiger partial charge in [-0.2, -0.15) is 13.2 Å². The lowest BCUT2D eigenvalue weighted by Crippen LogP contribution is -2.20. The number of alkyl halides is 3. The van der Waals surface area contributed by atoms with Crippen molar-refractivity contribution in [1.29, 1.82) is 0 Å². The van der Waals surface area contributed by atoms with Gasteiger partial charge in [0, 0.05) is 24.3 Å². The molecule has 0 saturated carbocycles. The number of benzene rings is 2. The van der Waals surface area contributed by atoms with Crippen molar-refractivity contribution in [3.8, 4) is 23.0 Å². The molecule has 2 N–H and O–H groups in total. The zero-order chi connectivity index (χ0) is 28.4. The molecule has 0 spiro atoms. The summed E-state index contributed by atoms with van der Waals surface area (Å²) in [6.45, 7) is 2.00. The molecule has 2 aromatic carbocycles. The Morgan fingerprint density at radius 2 is 1.59 bits per heavy atom. The molecule has 0 bridgehead atoms. The highest BCUT2D eigenvalue weighted by Gasteiger charge is 2.30. The maximum Gasteiger partial charge on any atom is 0.416 e. The Kier molecular flexibility index (Phi) is 6.83. The van der Waals surface area contributed by atoms with Crippen LogP contribution in [0.1, 0.15) is 18.4 Å². The molecule has 208 valence electrons. The molecule has 4 heterocycles. The number of aromatic nitrogens is 5. The number of rotatable bonds is 6. The second-order valence-corrected chi connectivity index (χ2v) is 9.34. The molecule has 0 unspecified atom stereocenters. The predicted molar refractivity (Wildman–Crippen MR) is 146 cm³/mol. The number of amides is 2. The maximum atomic E-state index is 12.9. The monoisotopic (exact) mass is 560 g/mol. The van der Waals surface area contributed by atoms with Crippen LogP contribution in [0.5, 0.6) is 11.8 Å². The molecular weight excluding hydrogens is 537 g/mol. The summed E-state index contributed by atoms with van der Waals surface area (Å²) in [6.07, 6.45) is 2.25. The molecule has 5 aromatic rings. The van der Waals surface area contributed by atoms with Gasteiger partial charge in [-0.25, -0.2) is 24.3 Å². The number of imidazole rings is 1. The first-order chi connectivity index (χ1) is 19.8. The zero-order valence-electron chi connectivity index (χ0n) is 21.5. The molecule has 13 heteroatoms. The summed E-state index contributed by atoms with van der Waals surface area (Å²) < 4.78 is 46.2. The van der Waals surface area contributed by atoms with E-state index in [1.54, 1.807) is 18.3 Å². The highest BCUT2D eigenvalue weighted by molar-refractivity contribution is 5.99. The minimum absolute atomic E-state index is 0.00613. The summed E-state index contributed by atoms with van der Waals surface area (Å²) in [4.78, 5) is 27.1. The molecule has 1 saturated heterocycles. The van der Waals surface area contributed by atoms with Crippen LogP contribution in [0, 0.1) is 0 Å². The smallest absolute Gasteiger partial charge is 0.416 e. The highest BCUT2D eigenvalue weighted by Crippen LogP contribution is 2.31. The van der Waals surface area contributed by atoms with Crippen molar-refractivity contribution < 1.29 is 22.7 Å². The molecular formula is C28H23F3N8O2. The van der Waals surface area contributed by atoms with E-state index in [-0.39, 0.29) is 17.4 Å². The van der Waals surface area contributed by atoms with Crippen molar-refractivity contribution in [2.75, 3.05) is 28.6 Å². The van der Waals surface area contributed by atoms with E-state index in [0.29, 0.717) is 5.75 Å². The van der Waals surface area contributed by atoms with E-state index in [9.17, 15) is 18.0 Å². The van der Waals surface area contributed by atoms with Gasteiger partial charge in [0.25, 0.3) is 0 Å². The summed E-state index contributed by atoms with van der Waals surface area (Å²) in [5.74, 6) is 1.42. The highest BCUT2D eigenvalue weighted by atomic mass is 19.4. The number of halogens is 3. The Balaban J connectivity index is 1.08. The number of nitrogens with one attached hydrogen (secondary N) is 2. The van der Waals surface area contributed by atoms with Crippen LogP contribution in [0.3, 0.4) is 0 Å². The van der Waals surface area contributed by atoms with Crippen LogP contribution >= 0.6 is 0 Å². The zero-order valence-corrected chi connectivity index (χ0v) is 21.5. The fourth-order valence-corrected chi connectivity index (χ4v) is 4.47. The molecule has 1 fully saturated rings. The van der Waals surface area contributed by atoms with Crippen molar-refractivity contribution in [3.05, 3.63) is 84.8 Å². The number of hydrogen-bond acceptors (Lipinski definition) is 7. The first-order valence-electron chi connectivity index (χ1n) is 12.8. The molecule has 3 aromatic heterocycles. The van der Waals surface area contributed by atoms with Crippen LogP contribution in [-0.2, 0) is 6.18 Å². The molecule has 0 radical (unpaired) electrons. The molecule has 2 amide bonds. The fraction of sp³-hybridized carbons (Fsp3) is 0.179. The second kappa shape index (κ2) is 10.8. The summed E-state index contributed by atoms with van der Waals surface area (Å²) in [6, 6.07) is 14.9. The van der Waals surface area contributed by atoms with Gasteiger partial charge in [-0.05, 0) is 67.4 Å². The van der Waals surface area contributed by atoms with Crippen molar-refractivity contribution in [3.63, 3.8) is 0 Å². The quantitative estimate of drug-likeness (QED) is 0.253. The van der Waals surface area contributed by atoms with Crippen LogP contribution in [0.2, 0.25) is 0 Å². The van der Waals surface area contributed by atoms with Crippen molar-refractivity contribution >= 4 is 28.9 Å². The van der Waals surface area contributed by atoms with Crippen LogP contribution in [-0.4, -0.2) is 43.7 Å². The minimum Gasteiger partial charge on any atom is -0.424 e. The number of carbonyl (C=O) groups is 1. The Labute approximate surface area is 231 Å². The SMILES string of the molecule is O=C(Nc1cnc(Oc2ccc(-c3cnc4ccc(N5CCCC5)nn34)cc2)nc1)Nc1cccc(C(F)(F)F)c1. The third kappa shape index (κ3) is 5.88. The molecule has 0 aliphatic carbocycles. The standard InChI is InChI=1S/C28H23F3N8O2/c29-28(30,31)19-4-3-5-20(14-19)35-26(40)36-21-15-33-27(34-16-21)41-22-8-6-18(7-9-22)23-17-32-24-10-11-25(37-39(23)24)38-12-1-2-13-38/h3-11,14-17H,1-2,12-13H2,(H2,35,36,40). The molecule has 1 aliphatic rings. The molecule has 1 aliphatic heterocycles. The first-order valence-corrected chi connectivity index (χ1v) is 12.8. The number of anilines is 3. The first kappa shape index (κ1) is 26.0. The second-order valence-electron chi connectivity index (χ2n) is 9.34. The minimum atomic E-state index is -4.51. The van der Waals surface area contributed by atoms with Gasteiger partial charge in [-0.1, -0.05) is 6.07 Å². The number of urea groups is 1. The van der Waals surface area contributed by atoms with Gasteiger partial charge >= 0.3 is 18.2 Å². The van der Waals surface area contributed by atoms with Crippen molar-refractivity contribution in [2.45, 2.75) is 19.0 Å². The van der Waals surface area contributed by atoms with Crippen LogP contribution < -0.4 is 20.3 Å². The van der Waals surface area contributed by atoms with E-state index in [0.717, 1.165) is 47.9 Å². The summed E-state index contributed by atoms with van der Waals surface area (Å²) in [5, 5.41) is 9.62. The molecule has 10 nitrogen and oxygen atoms in total. The largest absolute Gasteiger partial charge is 0.424 e. The Bertz CT molecular complexity index is 1680. The molecule has 41 heavy (non-hydrogen) atoms. The number of ether oxygens (including phenoxy) is 1. The van der Waals surface area contributed by atoms with Gasteiger partial charge in [0.1, 0.15) is 11.6 Å². The number of carbonyl (C=O) groups excluding carboxylic acids is 1. The lowest BCUT2D eigenvalue weighted by Gasteiger charge is -2.16. The molecule has 6 rings (SSSR count). The van der Waals surface area contributed by atoms with E-state index < -0.39 is 17.8 Å². The van der Waals surface area contributed by atoms with E-state index in [1.165, 1.54) is 37.4 Å². The predicted octanol–water partition coefficient (Wildman–Crippen LogP) is 6.24. The average Bonchev–Trinajstić information content (AvgIpc) is 3.65. The van der Waals surface area contributed by atoms with Crippen molar-refractivity contribution in [1.82, 2.24) is 24.6 Å². The lowest BCUT2D eigenvalue weighted by molar-refractivity contribution is -0.137. The summed E-state index contributed by atoms with van der Waals surface area (Å²) >= 11 is 0. The third-order valence-corrected chi connectivity index (χ3v) is 6.47. The topological polar surface area (TPSA) is 110 Å². The van der Waals surface area contributed by atoms with Gasteiger partial charge in [0.05, 0.1) is 35.5 Å². The third-order valence-electron chi connectivity index (χ3n) is 6.47. The van der Waals surface area contributed by atoms with E-state index in [4.69, 9.17) is 9.84 Å². The Hall–Kier alpha value is -5.20. The van der Waals surface area contributed by atoms with Gasteiger partial charge in [-0.15, -0.1) is 5.10 Å². The van der Waals surface area contributed by atoms with Gasteiger partial charge in [0.2, 0.25) is 0 Å².